The second kappa shape index (κ2) is 4.68. The Labute approximate surface area is 89.5 Å². The quantitative estimate of drug-likeness (QED) is 0.518. The monoisotopic (exact) mass is 194 g/mol. The molecule has 0 aromatic heterocycles. The Morgan fingerprint density at radius 1 is 0.786 bits per heavy atom. The minimum atomic E-state index is 1.15. The van der Waals surface area contributed by atoms with Crippen molar-refractivity contribution in [2.75, 3.05) is 0 Å². The summed E-state index contributed by atoms with van der Waals surface area (Å²) < 4.78 is 0. The summed E-state index contributed by atoms with van der Waals surface area (Å²) in [7, 11) is 0. The van der Waals surface area contributed by atoms with E-state index in [0.717, 1.165) is 11.8 Å². The summed E-state index contributed by atoms with van der Waals surface area (Å²) in [6.45, 7) is 4.64. The summed E-state index contributed by atoms with van der Waals surface area (Å²) in [5, 5.41) is 0. The maximum atomic E-state index is 2.33. The molecule has 0 heterocycles. The van der Waals surface area contributed by atoms with Gasteiger partial charge in [-0.15, -0.1) is 0 Å². The normalized spacial score (nSPS) is 39.9. The lowest BCUT2D eigenvalue weighted by Crippen LogP contribution is -1.89. The summed E-state index contributed by atoms with van der Waals surface area (Å²) in [6.07, 6.45) is 12.0. The molecule has 2 fully saturated rings. The maximum absolute atomic E-state index is 2.33. The van der Waals surface area contributed by atoms with Crippen molar-refractivity contribution in [2.45, 2.75) is 65.2 Å². The SMILES string of the molecule is CCCCCC1CC1C1CC1CCC. The Hall–Kier alpha value is 0. The Morgan fingerprint density at radius 2 is 1.43 bits per heavy atom. The molecule has 0 amide bonds. The number of hydrogen-bond acceptors (Lipinski definition) is 0. The zero-order chi connectivity index (χ0) is 9.97. The van der Waals surface area contributed by atoms with Crippen LogP contribution >= 0.6 is 0 Å². The van der Waals surface area contributed by atoms with E-state index in [9.17, 15) is 0 Å². The van der Waals surface area contributed by atoms with Crippen LogP contribution in [0.5, 0.6) is 0 Å². The van der Waals surface area contributed by atoms with Crippen LogP contribution in [0.4, 0.5) is 0 Å². The molecule has 0 saturated heterocycles. The lowest BCUT2D eigenvalue weighted by atomic mass is 10.1. The van der Waals surface area contributed by atoms with Gasteiger partial charge in [0, 0.05) is 0 Å². The summed E-state index contributed by atoms with van der Waals surface area (Å²) in [5.74, 6) is 4.68. The van der Waals surface area contributed by atoms with Gasteiger partial charge in [-0.3, -0.25) is 0 Å². The van der Waals surface area contributed by atoms with Gasteiger partial charge in [0.25, 0.3) is 0 Å². The molecule has 0 N–H and O–H groups in total. The first-order valence-electron chi connectivity index (χ1n) is 6.86. The van der Waals surface area contributed by atoms with Crippen LogP contribution in [0.2, 0.25) is 0 Å². The molecule has 2 aliphatic carbocycles. The van der Waals surface area contributed by atoms with Gasteiger partial charge in [-0.05, 0) is 36.5 Å². The van der Waals surface area contributed by atoms with E-state index in [2.05, 4.69) is 13.8 Å². The number of rotatable bonds is 7. The van der Waals surface area contributed by atoms with Gasteiger partial charge in [-0.25, -0.2) is 0 Å². The van der Waals surface area contributed by atoms with Crippen molar-refractivity contribution in [2.24, 2.45) is 23.7 Å². The van der Waals surface area contributed by atoms with E-state index in [1.807, 2.05) is 0 Å². The van der Waals surface area contributed by atoms with Crippen molar-refractivity contribution in [1.82, 2.24) is 0 Å². The summed E-state index contributed by atoms with van der Waals surface area (Å²) in [5.41, 5.74) is 0. The van der Waals surface area contributed by atoms with Crippen LogP contribution in [-0.4, -0.2) is 0 Å². The molecule has 4 unspecified atom stereocenters. The molecular formula is C14H26. The van der Waals surface area contributed by atoms with Crippen molar-refractivity contribution in [3.63, 3.8) is 0 Å². The molecule has 2 aliphatic rings. The van der Waals surface area contributed by atoms with E-state index in [1.54, 1.807) is 19.3 Å². The fourth-order valence-corrected chi connectivity index (χ4v) is 3.28. The highest BCUT2D eigenvalue weighted by atomic mass is 14.6. The molecule has 0 aliphatic heterocycles. The fraction of sp³-hybridized carbons (Fsp3) is 1.00. The Kier molecular flexibility index (Phi) is 3.52. The molecule has 0 aromatic carbocycles. The predicted molar refractivity (Wildman–Crippen MR) is 62.2 cm³/mol. The summed E-state index contributed by atoms with van der Waals surface area (Å²) in [6, 6.07) is 0. The van der Waals surface area contributed by atoms with Crippen molar-refractivity contribution in [3.05, 3.63) is 0 Å². The van der Waals surface area contributed by atoms with Gasteiger partial charge < -0.3 is 0 Å². The van der Waals surface area contributed by atoms with Crippen LogP contribution in [0.25, 0.3) is 0 Å². The van der Waals surface area contributed by atoms with Crippen LogP contribution in [-0.2, 0) is 0 Å². The average molecular weight is 194 g/mol. The zero-order valence-corrected chi connectivity index (χ0v) is 9.97. The van der Waals surface area contributed by atoms with E-state index in [-0.39, 0.29) is 0 Å². The smallest absolute Gasteiger partial charge is 0.0352 e. The van der Waals surface area contributed by atoms with Gasteiger partial charge in [0.1, 0.15) is 0 Å². The molecule has 82 valence electrons. The van der Waals surface area contributed by atoms with E-state index in [1.165, 1.54) is 43.9 Å². The van der Waals surface area contributed by atoms with E-state index < -0.39 is 0 Å². The van der Waals surface area contributed by atoms with Gasteiger partial charge in [0.15, 0.2) is 0 Å². The van der Waals surface area contributed by atoms with Gasteiger partial charge in [-0.2, -0.15) is 0 Å². The first-order valence-corrected chi connectivity index (χ1v) is 6.86. The summed E-state index contributed by atoms with van der Waals surface area (Å²) in [4.78, 5) is 0. The number of hydrogen-bond donors (Lipinski definition) is 0. The standard InChI is InChI=1S/C14H26/c1-3-5-6-8-12-10-14(12)13-9-11(13)7-4-2/h11-14H,3-10H2,1-2H3. The highest BCUT2D eigenvalue weighted by Gasteiger charge is 2.51. The molecule has 14 heavy (non-hydrogen) atoms. The summed E-state index contributed by atoms with van der Waals surface area (Å²) >= 11 is 0. The molecule has 0 nitrogen and oxygen atoms in total. The van der Waals surface area contributed by atoms with Crippen LogP contribution in [0, 0.1) is 23.7 Å². The van der Waals surface area contributed by atoms with Crippen LogP contribution in [0.15, 0.2) is 0 Å². The number of unbranched alkanes of at least 4 members (excludes halogenated alkanes) is 2. The van der Waals surface area contributed by atoms with E-state index in [0.29, 0.717) is 0 Å². The van der Waals surface area contributed by atoms with Crippen LogP contribution in [0.1, 0.15) is 65.2 Å². The van der Waals surface area contributed by atoms with Crippen molar-refractivity contribution in [1.29, 1.82) is 0 Å². The van der Waals surface area contributed by atoms with Gasteiger partial charge in [0.2, 0.25) is 0 Å². The highest BCUT2D eigenvalue weighted by molar-refractivity contribution is 5.01. The fourth-order valence-electron chi connectivity index (χ4n) is 3.28. The maximum Gasteiger partial charge on any atom is -0.0352 e. The second-order valence-electron chi connectivity index (χ2n) is 5.60. The Bertz CT molecular complexity index is 173. The predicted octanol–water partition coefficient (Wildman–Crippen LogP) is 4.64. The third-order valence-electron chi connectivity index (χ3n) is 4.34. The van der Waals surface area contributed by atoms with Crippen molar-refractivity contribution >= 4 is 0 Å². The Balaban J connectivity index is 1.54. The molecule has 0 spiro atoms. The minimum Gasteiger partial charge on any atom is -0.0654 e. The second-order valence-corrected chi connectivity index (χ2v) is 5.60. The molecule has 4 atom stereocenters. The molecule has 2 rings (SSSR count). The van der Waals surface area contributed by atoms with Crippen molar-refractivity contribution in [3.8, 4) is 0 Å². The first kappa shape index (κ1) is 10.5. The topological polar surface area (TPSA) is 0 Å². The van der Waals surface area contributed by atoms with E-state index >= 15 is 0 Å². The van der Waals surface area contributed by atoms with Crippen LogP contribution in [0.3, 0.4) is 0 Å². The van der Waals surface area contributed by atoms with Gasteiger partial charge in [0.05, 0.1) is 0 Å². The van der Waals surface area contributed by atoms with E-state index in [4.69, 9.17) is 0 Å². The highest BCUT2D eigenvalue weighted by Crippen LogP contribution is 2.60. The third-order valence-corrected chi connectivity index (χ3v) is 4.34. The molecule has 0 radical (unpaired) electrons. The molecule has 2 saturated carbocycles. The average Bonchev–Trinajstić information content (AvgIpc) is 3.00. The lowest BCUT2D eigenvalue weighted by molar-refractivity contribution is 0.518. The van der Waals surface area contributed by atoms with Crippen molar-refractivity contribution < 1.29 is 0 Å². The first-order chi connectivity index (χ1) is 6.86. The van der Waals surface area contributed by atoms with Crippen LogP contribution < -0.4 is 0 Å². The lowest BCUT2D eigenvalue weighted by Gasteiger charge is -1.99. The molecule has 0 heteroatoms. The zero-order valence-electron chi connectivity index (χ0n) is 9.97. The largest absolute Gasteiger partial charge is 0.0654 e. The minimum absolute atomic E-state index is 1.15. The molecule has 0 bridgehead atoms. The molecule has 0 aromatic rings. The van der Waals surface area contributed by atoms with Gasteiger partial charge in [-0.1, -0.05) is 52.4 Å². The third kappa shape index (κ3) is 2.52. The van der Waals surface area contributed by atoms with Gasteiger partial charge >= 0.3 is 0 Å². The Morgan fingerprint density at radius 3 is 2.00 bits per heavy atom. The molecular weight excluding hydrogens is 168 g/mol.